The summed E-state index contributed by atoms with van der Waals surface area (Å²) in [5, 5.41) is 7.77. The van der Waals surface area contributed by atoms with Crippen molar-refractivity contribution in [3.63, 3.8) is 0 Å². The number of hydrogen-bond donors (Lipinski definition) is 2. The lowest BCUT2D eigenvalue weighted by Gasteiger charge is -2.06. The van der Waals surface area contributed by atoms with Crippen molar-refractivity contribution in [2.75, 3.05) is 5.32 Å². The van der Waals surface area contributed by atoms with E-state index >= 15 is 0 Å². The van der Waals surface area contributed by atoms with E-state index in [1.54, 1.807) is 30.5 Å². The summed E-state index contributed by atoms with van der Waals surface area (Å²) in [6, 6.07) is 14.4. The molecule has 0 atom stereocenters. The van der Waals surface area contributed by atoms with Gasteiger partial charge in [-0.1, -0.05) is 42.0 Å². The van der Waals surface area contributed by atoms with Gasteiger partial charge in [0.05, 0.1) is 11.9 Å². The van der Waals surface area contributed by atoms with Crippen molar-refractivity contribution in [1.29, 1.82) is 0 Å². The van der Waals surface area contributed by atoms with E-state index in [4.69, 9.17) is 9.56 Å². The molecule has 0 fully saturated rings. The quantitative estimate of drug-likeness (QED) is 0.634. The number of rotatable bonds is 7. The maximum Gasteiger partial charge on any atom is 0.224 e. The van der Waals surface area contributed by atoms with E-state index in [0.29, 0.717) is 29.3 Å². The van der Waals surface area contributed by atoms with Gasteiger partial charge in [-0.2, -0.15) is 0 Å². The molecule has 28 heavy (non-hydrogen) atoms. The van der Waals surface area contributed by atoms with Crippen LogP contribution >= 0.6 is 0 Å². The second-order valence-electron chi connectivity index (χ2n) is 6.54. The van der Waals surface area contributed by atoms with Crippen LogP contribution in [0.25, 0.3) is 11.3 Å². The molecule has 1 heterocycles. The predicted octanol–water partition coefficient (Wildman–Crippen LogP) is 3.01. The Morgan fingerprint density at radius 1 is 1.11 bits per heavy atom. The maximum absolute atomic E-state index is 12.1. The first-order valence-corrected chi connectivity index (χ1v) is 10.4. The van der Waals surface area contributed by atoms with Crippen LogP contribution in [-0.4, -0.2) is 19.3 Å². The first-order valence-electron chi connectivity index (χ1n) is 8.69. The Morgan fingerprint density at radius 2 is 1.79 bits per heavy atom. The molecule has 0 saturated carbocycles. The second kappa shape index (κ2) is 8.37. The van der Waals surface area contributed by atoms with Crippen molar-refractivity contribution in [2.45, 2.75) is 25.5 Å². The number of aromatic nitrogens is 1. The number of oxazole rings is 1. The minimum absolute atomic E-state index is 0.186. The van der Waals surface area contributed by atoms with Crippen LogP contribution in [0, 0.1) is 6.92 Å². The Labute approximate surface area is 163 Å². The van der Waals surface area contributed by atoms with Crippen LogP contribution < -0.4 is 10.5 Å². The van der Waals surface area contributed by atoms with Gasteiger partial charge in [0.2, 0.25) is 15.9 Å². The van der Waals surface area contributed by atoms with Crippen molar-refractivity contribution < 1.29 is 17.6 Å². The number of nitrogens with two attached hydrogens (primary N) is 1. The molecule has 0 saturated heterocycles. The van der Waals surface area contributed by atoms with Crippen molar-refractivity contribution in [2.24, 2.45) is 5.14 Å². The molecule has 0 bridgehead atoms. The van der Waals surface area contributed by atoms with Crippen molar-refractivity contribution in [3.8, 4) is 11.3 Å². The number of hydrogen-bond acceptors (Lipinski definition) is 5. The van der Waals surface area contributed by atoms with Gasteiger partial charge in [0.15, 0.2) is 11.7 Å². The average molecular weight is 399 g/mol. The zero-order valence-electron chi connectivity index (χ0n) is 15.4. The third kappa shape index (κ3) is 5.77. The normalized spacial score (nSPS) is 11.4. The van der Waals surface area contributed by atoms with Crippen LogP contribution in [0.3, 0.4) is 0 Å². The minimum atomic E-state index is -3.58. The molecule has 0 aliphatic heterocycles. The molecule has 8 heteroatoms. The molecular formula is C20H21N3O4S. The number of anilines is 1. The fourth-order valence-electron chi connectivity index (χ4n) is 2.64. The van der Waals surface area contributed by atoms with Gasteiger partial charge in [-0.3, -0.25) is 4.79 Å². The van der Waals surface area contributed by atoms with E-state index in [0.717, 1.165) is 11.1 Å². The van der Waals surface area contributed by atoms with E-state index in [1.165, 1.54) is 0 Å². The zero-order valence-corrected chi connectivity index (χ0v) is 16.2. The predicted molar refractivity (Wildman–Crippen MR) is 107 cm³/mol. The average Bonchev–Trinajstić information content (AvgIpc) is 3.10. The first kappa shape index (κ1) is 19.8. The fraction of sp³-hybridized carbons (Fsp3) is 0.200. The topological polar surface area (TPSA) is 115 Å². The van der Waals surface area contributed by atoms with E-state index < -0.39 is 10.0 Å². The summed E-state index contributed by atoms with van der Waals surface area (Å²) in [5.74, 6) is 0.735. The smallest absolute Gasteiger partial charge is 0.224 e. The summed E-state index contributed by atoms with van der Waals surface area (Å²) in [6.45, 7) is 2.02. The fourth-order valence-corrected chi connectivity index (χ4v) is 3.29. The Kier molecular flexibility index (Phi) is 5.91. The summed E-state index contributed by atoms with van der Waals surface area (Å²) in [5.41, 5.74) is 3.24. The van der Waals surface area contributed by atoms with Gasteiger partial charge >= 0.3 is 0 Å². The van der Waals surface area contributed by atoms with Gasteiger partial charge in [0.25, 0.3) is 0 Å². The number of primary sulfonamides is 1. The molecule has 0 unspecified atom stereocenters. The number of benzene rings is 2. The SMILES string of the molecule is Cc1ccc(-c2cnc(CCC(=O)Nc3ccc(CS(N)(=O)=O)cc3)o2)cc1. The number of nitrogens with zero attached hydrogens (tertiary/aromatic N) is 1. The van der Waals surface area contributed by atoms with Gasteiger partial charge in [0, 0.05) is 24.1 Å². The molecule has 1 amide bonds. The third-order valence-electron chi connectivity index (χ3n) is 4.06. The number of sulfonamides is 1. The molecule has 3 aromatic rings. The molecule has 0 spiro atoms. The van der Waals surface area contributed by atoms with Gasteiger partial charge < -0.3 is 9.73 Å². The van der Waals surface area contributed by atoms with Crippen LogP contribution in [0.5, 0.6) is 0 Å². The lowest BCUT2D eigenvalue weighted by molar-refractivity contribution is -0.116. The molecule has 1 aromatic heterocycles. The van der Waals surface area contributed by atoms with Crippen LogP contribution in [0.2, 0.25) is 0 Å². The number of nitrogens with one attached hydrogen (secondary N) is 1. The standard InChI is InChI=1S/C20H21N3O4S/c1-14-2-6-16(7-3-14)18-12-22-20(27-18)11-10-19(24)23-17-8-4-15(5-9-17)13-28(21,25)26/h2-9,12H,10-11,13H2,1H3,(H,23,24)(H2,21,25,26). The Bertz CT molecular complexity index is 1060. The Morgan fingerprint density at radius 3 is 2.43 bits per heavy atom. The van der Waals surface area contributed by atoms with Crippen LogP contribution in [0.15, 0.2) is 59.1 Å². The summed E-state index contributed by atoms with van der Waals surface area (Å²) >= 11 is 0. The summed E-state index contributed by atoms with van der Waals surface area (Å²) in [4.78, 5) is 16.3. The molecule has 146 valence electrons. The number of carbonyl (C=O) groups excluding carboxylic acids is 1. The van der Waals surface area contributed by atoms with Crippen molar-refractivity contribution in [1.82, 2.24) is 4.98 Å². The molecule has 3 rings (SSSR count). The highest BCUT2D eigenvalue weighted by Crippen LogP contribution is 2.21. The van der Waals surface area contributed by atoms with Gasteiger partial charge in [0.1, 0.15) is 0 Å². The van der Waals surface area contributed by atoms with E-state index in [9.17, 15) is 13.2 Å². The molecular weight excluding hydrogens is 378 g/mol. The molecule has 3 N–H and O–H groups in total. The van der Waals surface area contributed by atoms with E-state index in [-0.39, 0.29) is 18.1 Å². The molecule has 2 aromatic carbocycles. The summed E-state index contributed by atoms with van der Waals surface area (Å²) in [7, 11) is -3.58. The van der Waals surface area contributed by atoms with Crippen molar-refractivity contribution >= 4 is 21.6 Å². The van der Waals surface area contributed by atoms with Gasteiger partial charge in [-0.05, 0) is 24.6 Å². The van der Waals surface area contributed by atoms with E-state index in [1.807, 2.05) is 31.2 Å². The highest BCUT2D eigenvalue weighted by molar-refractivity contribution is 7.88. The lowest BCUT2D eigenvalue weighted by atomic mass is 10.1. The highest BCUT2D eigenvalue weighted by atomic mass is 32.2. The molecule has 0 aliphatic carbocycles. The Hall–Kier alpha value is -2.97. The first-order chi connectivity index (χ1) is 13.3. The van der Waals surface area contributed by atoms with Crippen LogP contribution in [-0.2, 0) is 27.0 Å². The van der Waals surface area contributed by atoms with Crippen LogP contribution in [0.4, 0.5) is 5.69 Å². The van der Waals surface area contributed by atoms with Gasteiger partial charge in [-0.25, -0.2) is 18.5 Å². The minimum Gasteiger partial charge on any atom is -0.441 e. The molecule has 0 radical (unpaired) electrons. The van der Waals surface area contributed by atoms with E-state index in [2.05, 4.69) is 10.3 Å². The van der Waals surface area contributed by atoms with Gasteiger partial charge in [-0.15, -0.1) is 0 Å². The largest absolute Gasteiger partial charge is 0.441 e. The molecule has 7 nitrogen and oxygen atoms in total. The van der Waals surface area contributed by atoms with Crippen molar-refractivity contribution in [3.05, 3.63) is 71.7 Å². The summed E-state index contributed by atoms with van der Waals surface area (Å²) in [6.07, 6.45) is 2.25. The van der Waals surface area contributed by atoms with Crippen LogP contribution in [0.1, 0.15) is 23.4 Å². The maximum atomic E-state index is 12.1. The Balaban J connectivity index is 1.52. The lowest BCUT2D eigenvalue weighted by Crippen LogP contribution is -2.15. The second-order valence-corrected chi connectivity index (χ2v) is 8.15. The molecule has 0 aliphatic rings. The number of carbonyl (C=O) groups is 1. The highest BCUT2D eigenvalue weighted by Gasteiger charge is 2.10. The number of amides is 1. The third-order valence-corrected chi connectivity index (χ3v) is 4.80. The number of aryl methyl sites for hydroxylation is 2. The monoisotopic (exact) mass is 399 g/mol. The zero-order chi connectivity index (χ0) is 20.1. The summed E-state index contributed by atoms with van der Waals surface area (Å²) < 4.78 is 27.9.